The summed E-state index contributed by atoms with van der Waals surface area (Å²) in [7, 11) is 0. The Bertz CT molecular complexity index is 592. The van der Waals surface area contributed by atoms with E-state index in [9.17, 15) is 4.79 Å². The minimum atomic E-state index is 0.116. The van der Waals surface area contributed by atoms with E-state index in [1.807, 2.05) is 11.8 Å². The number of amides is 1. The molecular weight excluding hydrogens is 280 g/mol. The molecule has 3 heterocycles. The second-order valence-electron chi connectivity index (χ2n) is 6.41. The Balaban J connectivity index is 1.44. The first-order chi connectivity index (χ1) is 10.7. The van der Waals surface area contributed by atoms with Crippen LogP contribution in [0.3, 0.4) is 0 Å². The molecule has 0 bridgehead atoms. The molecule has 1 aliphatic carbocycles. The van der Waals surface area contributed by atoms with Gasteiger partial charge in [0.05, 0.1) is 19.1 Å². The molecule has 0 saturated carbocycles. The number of ether oxygens (including phenoxy) is 1. The Labute approximate surface area is 130 Å². The minimum Gasteiger partial charge on any atom is -0.378 e. The largest absolute Gasteiger partial charge is 0.378 e. The fourth-order valence-corrected chi connectivity index (χ4v) is 3.64. The minimum absolute atomic E-state index is 0.116. The lowest BCUT2D eigenvalue weighted by Gasteiger charge is -2.42. The van der Waals surface area contributed by atoms with Gasteiger partial charge in [0.2, 0.25) is 5.91 Å². The van der Waals surface area contributed by atoms with Gasteiger partial charge in [0.15, 0.2) is 0 Å². The highest BCUT2D eigenvalue weighted by molar-refractivity contribution is 5.82. The Morgan fingerprint density at radius 2 is 1.95 bits per heavy atom. The summed E-state index contributed by atoms with van der Waals surface area (Å²) in [6.07, 6.45) is 3.31. The van der Waals surface area contributed by atoms with Gasteiger partial charge in [-0.05, 0) is 26.2 Å². The summed E-state index contributed by atoms with van der Waals surface area (Å²) in [5, 5.41) is 0. The van der Waals surface area contributed by atoms with Crippen molar-refractivity contribution < 1.29 is 9.53 Å². The number of rotatable bonds is 2. The third-order valence-electron chi connectivity index (χ3n) is 4.88. The maximum Gasteiger partial charge on any atom is 0.229 e. The maximum atomic E-state index is 12.5. The monoisotopic (exact) mass is 302 g/mol. The van der Waals surface area contributed by atoms with E-state index in [4.69, 9.17) is 4.74 Å². The lowest BCUT2D eigenvalue weighted by atomic mass is 9.97. The quantitative estimate of drug-likeness (QED) is 0.799. The fourth-order valence-electron chi connectivity index (χ4n) is 3.64. The molecule has 0 unspecified atom stereocenters. The molecule has 0 atom stereocenters. The lowest BCUT2D eigenvalue weighted by molar-refractivity contribution is -0.140. The molecule has 118 valence electrons. The van der Waals surface area contributed by atoms with E-state index >= 15 is 0 Å². The van der Waals surface area contributed by atoms with Crippen LogP contribution < -0.4 is 4.90 Å². The van der Waals surface area contributed by atoms with E-state index in [1.165, 1.54) is 17.7 Å². The highest BCUT2D eigenvalue weighted by atomic mass is 16.5. The summed E-state index contributed by atoms with van der Waals surface area (Å²) in [5.74, 6) is 2.32. The van der Waals surface area contributed by atoms with Gasteiger partial charge < -0.3 is 14.5 Å². The van der Waals surface area contributed by atoms with Gasteiger partial charge in [0.1, 0.15) is 11.6 Å². The number of nitrogens with zero attached hydrogens (tertiary/aromatic N) is 4. The number of aromatic nitrogens is 2. The van der Waals surface area contributed by atoms with E-state index in [0.717, 1.165) is 50.7 Å². The molecule has 2 saturated heterocycles. The molecule has 0 radical (unpaired) electrons. The number of hydrogen-bond donors (Lipinski definition) is 0. The molecule has 4 rings (SSSR count). The highest BCUT2D eigenvalue weighted by Crippen LogP contribution is 2.33. The van der Waals surface area contributed by atoms with Crippen molar-refractivity contribution in [2.45, 2.75) is 26.2 Å². The summed E-state index contributed by atoms with van der Waals surface area (Å²) in [5.41, 5.74) is 2.52. The lowest BCUT2D eigenvalue weighted by Crippen LogP contribution is -2.56. The van der Waals surface area contributed by atoms with Crippen molar-refractivity contribution in [1.29, 1.82) is 0 Å². The zero-order valence-electron chi connectivity index (χ0n) is 13.0. The second-order valence-corrected chi connectivity index (χ2v) is 6.41. The van der Waals surface area contributed by atoms with Gasteiger partial charge in [-0.1, -0.05) is 0 Å². The van der Waals surface area contributed by atoms with Gasteiger partial charge >= 0.3 is 0 Å². The van der Waals surface area contributed by atoms with Crippen LogP contribution in [0, 0.1) is 12.8 Å². The van der Waals surface area contributed by atoms with Gasteiger partial charge in [-0.3, -0.25) is 4.79 Å². The van der Waals surface area contributed by atoms with E-state index in [1.54, 1.807) is 0 Å². The summed E-state index contributed by atoms with van der Waals surface area (Å²) in [6, 6.07) is 0. The standard InChI is InChI=1S/C16H22N4O2/c1-11-17-14-4-2-3-13(14)15(18-11)20-9-12(10-20)16(21)19-5-7-22-8-6-19/h12H,2-10H2,1H3. The van der Waals surface area contributed by atoms with Gasteiger partial charge in [-0.2, -0.15) is 0 Å². The first kappa shape index (κ1) is 13.9. The molecule has 0 aromatic carbocycles. The van der Waals surface area contributed by atoms with Gasteiger partial charge in [0, 0.05) is 37.4 Å². The van der Waals surface area contributed by atoms with Crippen LogP contribution in [-0.4, -0.2) is 60.2 Å². The molecule has 0 N–H and O–H groups in total. The third-order valence-corrected chi connectivity index (χ3v) is 4.88. The topological polar surface area (TPSA) is 58.6 Å². The predicted molar refractivity (Wildman–Crippen MR) is 81.9 cm³/mol. The smallest absolute Gasteiger partial charge is 0.229 e. The van der Waals surface area contributed by atoms with Crippen LogP contribution in [0.15, 0.2) is 0 Å². The molecular formula is C16H22N4O2. The van der Waals surface area contributed by atoms with Crippen molar-refractivity contribution in [3.05, 3.63) is 17.1 Å². The average molecular weight is 302 g/mol. The van der Waals surface area contributed by atoms with E-state index in [0.29, 0.717) is 13.2 Å². The zero-order chi connectivity index (χ0) is 15.1. The van der Waals surface area contributed by atoms with Crippen LogP contribution >= 0.6 is 0 Å². The summed E-state index contributed by atoms with van der Waals surface area (Å²) < 4.78 is 5.31. The normalized spacial score (nSPS) is 21.7. The number of carbonyl (C=O) groups is 1. The molecule has 1 amide bonds. The second kappa shape index (κ2) is 5.50. The number of morpholine rings is 1. The average Bonchev–Trinajstić information content (AvgIpc) is 2.94. The van der Waals surface area contributed by atoms with E-state index < -0.39 is 0 Å². The number of carbonyl (C=O) groups excluding carboxylic acids is 1. The van der Waals surface area contributed by atoms with E-state index in [2.05, 4.69) is 14.9 Å². The van der Waals surface area contributed by atoms with Crippen LogP contribution in [0.4, 0.5) is 5.82 Å². The van der Waals surface area contributed by atoms with E-state index in [-0.39, 0.29) is 11.8 Å². The first-order valence-electron chi connectivity index (χ1n) is 8.20. The van der Waals surface area contributed by atoms with Crippen molar-refractivity contribution in [1.82, 2.24) is 14.9 Å². The SMILES string of the molecule is Cc1nc2c(c(N3CC(C(=O)N4CCOCC4)C3)n1)CCC2. The Hall–Kier alpha value is -1.69. The number of fused-ring (bicyclic) bond motifs is 1. The van der Waals surface area contributed by atoms with Gasteiger partial charge in [0.25, 0.3) is 0 Å². The third kappa shape index (κ3) is 2.35. The van der Waals surface area contributed by atoms with Crippen LogP contribution in [0.2, 0.25) is 0 Å². The molecule has 0 spiro atoms. The summed E-state index contributed by atoms with van der Waals surface area (Å²) in [6.45, 7) is 6.34. The Morgan fingerprint density at radius 3 is 2.73 bits per heavy atom. The van der Waals surface area contributed by atoms with Crippen molar-refractivity contribution in [2.75, 3.05) is 44.3 Å². The van der Waals surface area contributed by atoms with Gasteiger partial charge in [-0.25, -0.2) is 9.97 Å². The fraction of sp³-hybridized carbons (Fsp3) is 0.688. The molecule has 1 aromatic heterocycles. The molecule has 2 fully saturated rings. The van der Waals surface area contributed by atoms with Crippen LogP contribution in [0.25, 0.3) is 0 Å². The zero-order valence-corrected chi connectivity index (χ0v) is 13.0. The van der Waals surface area contributed by atoms with Gasteiger partial charge in [-0.15, -0.1) is 0 Å². The number of anilines is 1. The van der Waals surface area contributed by atoms with Crippen molar-refractivity contribution >= 4 is 11.7 Å². The van der Waals surface area contributed by atoms with Crippen LogP contribution in [0.1, 0.15) is 23.5 Å². The number of aryl methyl sites for hydroxylation is 2. The summed E-state index contributed by atoms with van der Waals surface area (Å²) >= 11 is 0. The van der Waals surface area contributed by atoms with Crippen molar-refractivity contribution in [3.63, 3.8) is 0 Å². The molecule has 6 nitrogen and oxygen atoms in total. The maximum absolute atomic E-state index is 12.5. The Morgan fingerprint density at radius 1 is 1.18 bits per heavy atom. The molecule has 6 heteroatoms. The Kier molecular flexibility index (Phi) is 3.48. The number of hydrogen-bond acceptors (Lipinski definition) is 5. The molecule has 2 aliphatic heterocycles. The highest BCUT2D eigenvalue weighted by Gasteiger charge is 2.38. The summed E-state index contributed by atoms with van der Waals surface area (Å²) in [4.78, 5) is 25.9. The first-order valence-corrected chi connectivity index (χ1v) is 8.20. The van der Waals surface area contributed by atoms with Crippen molar-refractivity contribution in [2.24, 2.45) is 5.92 Å². The van der Waals surface area contributed by atoms with Crippen LogP contribution in [-0.2, 0) is 22.4 Å². The van der Waals surface area contributed by atoms with Crippen LogP contribution in [0.5, 0.6) is 0 Å². The molecule has 1 aromatic rings. The molecule has 22 heavy (non-hydrogen) atoms. The van der Waals surface area contributed by atoms with Crippen molar-refractivity contribution in [3.8, 4) is 0 Å². The predicted octanol–water partition coefficient (Wildman–Crippen LogP) is 0.569. The molecule has 3 aliphatic rings.